The molecule has 2 aromatic rings. The van der Waals surface area contributed by atoms with Gasteiger partial charge in [0.1, 0.15) is 23.7 Å². The molecule has 150 valence electrons. The molecule has 1 aliphatic heterocycles. The molecule has 0 saturated carbocycles. The molecule has 0 unspecified atom stereocenters. The van der Waals surface area contributed by atoms with E-state index in [1.165, 1.54) is 18.2 Å². The van der Waals surface area contributed by atoms with E-state index in [-0.39, 0.29) is 5.69 Å². The van der Waals surface area contributed by atoms with Gasteiger partial charge in [0.15, 0.2) is 0 Å². The van der Waals surface area contributed by atoms with Crippen LogP contribution in [0.15, 0.2) is 42.5 Å². The summed E-state index contributed by atoms with van der Waals surface area (Å²) in [6.45, 7) is -0.450. The lowest BCUT2D eigenvalue weighted by molar-refractivity contribution is -0.134. The number of imide groups is 1. The molecule has 1 saturated heterocycles. The molecule has 1 fully saturated rings. The van der Waals surface area contributed by atoms with E-state index in [9.17, 15) is 18.8 Å². The summed E-state index contributed by atoms with van der Waals surface area (Å²) < 4.78 is 18.5. The Kier molecular flexibility index (Phi) is 4.70. The normalized spacial score (nSPS) is 20.4. The third-order valence-corrected chi connectivity index (χ3v) is 5.36. The second-order valence-electron chi connectivity index (χ2n) is 7.16. The lowest BCUT2D eigenvalue weighted by Gasteiger charge is -2.33. The fourth-order valence-electron chi connectivity index (χ4n) is 4.03. The van der Waals surface area contributed by atoms with Gasteiger partial charge in [-0.25, -0.2) is 9.18 Å². The SMILES string of the molecule is COc1ccc2c(c1)CCC[C@]21NC(=O)N(CC(=O)Nc2cccc(F)c2)C1=O. The van der Waals surface area contributed by atoms with E-state index in [0.29, 0.717) is 12.2 Å². The van der Waals surface area contributed by atoms with Crippen LogP contribution in [0.4, 0.5) is 14.9 Å². The molecule has 1 heterocycles. The van der Waals surface area contributed by atoms with E-state index >= 15 is 0 Å². The Morgan fingerprint density at radius 2 is 2.10 bits per heavy atom. The van der Waals surface area contributed by atoms with Crippen LogP contribution in [0.5, 0.6) is 5.75 Å². The fraction of sp³-hybridized carbons (Fsp3) is 0.286. The van der Waals surface area contributed by atoms with Gasteiger partial charge in [-0.05, 0) is 60.7 Å². The van der Waals surface area contributed by atoms with Crippen molar-refractivity contribution in [3.8, 4) is 5.75 Å². The molecule has 8 heteroatoms. The van der Waals surface area contributed by atoms with Crippen molar-refractivity contribution in [3.05, 3.63) is 59.4 Å². The summed E-state index contributed by atoms with van der Waals surface area (Å²) in [6, 6.07) is 10.2. The monoisotopic (exact) mass is 397 g/mol. The van der Waals surface area contributed by atoms with Gasteiger partial charge in [-0.3, -0.25) is 14.5 Å². The van der Waals surface area contributed by atoms with Crippen LogP contribution in [0.25, 0.3) is 0 Å². The first-order valence-corrected chi connectivity index (χ1v) is 9.30. The summed E-state index contributed by atoms with van der Waals surface area (Å²) in [5.41, 5.74) is 0.758. The molecule has 0 bridgehead atoms. The van der Waals surface area contributed by atoms with Crippen LogP contribution in [0.2, 0.25) is 0 Å². The maximum absolute atomic E-state index is 13.3. The number of hydrogen-bond donors (Lipinski definition) is 2. The van der Waals surface area contributed by atoms with Crippen molar-refractivity contribution in [3.63, 3.8) is 0 Å². The second kappa shape index (κ2) is 7.20. The smallest absolute Gasteiger partial charge is 0.325 e. The van der Waals surface area contributed by atoms with Crippen LogP contribution in [0, 0.1) is 5.82 Å². The van der Waals surface area contributed by atoms with E-state index in [1.54, 1.807) is 19.2 Å². The lowest BCUT2D eigenvalue weighted by atomic mass is 9.76. The highest BCUT2D eigenvalue weighted by atomic mass is 19.1. The van der Waals surface area contributed by atoms with Crippen LogP contribution in [-0.4, -0.2) is 36.4 Å². The van der Waals surface area contributed by atoms with Gasteiger partial charge in [0.2, 0.25) is 5.91 Å². The van der Waals surface area contributed by atoms with Crippen molar-refractivity contribution in [2.45, 2.75) is 24.8 Å². The zero-order chi connectivity index (χ0) is 20.6. The van der Waals surface area contributed by atoms with Gasteiger partial charge in [-0.2, -0.15) is 0 Å². The molecule has 2 N–H and O–H groups in total. The number of amides is 4. The molecule has 1 spiro atoms. The maximum atomic E-state index is 13.3. The molecule has 4 rings (SSSR count). The summed E-state index contributed by atoms with van der Waals surface area (Å²) in [5.74, 6) is -0.847. The quantitative estimate of drug-likeness (QED) is 0.777. The number of ether oxygens (including phenoxy) is 1. The number of nitrogens with zero attached hydrogens (tertiary/aromatic N) is 1. The largest absolute Gasteiger partial charge is 0.497 e. The average molecular weight is 397 g/mol. The molecule has 29 heavy (non-hydrogen) atoms. The molecular formula is C21H20FN3O4. The van der Waals surface area contributed by atoms with Crippen LogP contribution in [0.3, 0.4) is 0 Å². The maximum Gasteiger partial charge on any atom is 0.325 e. The molecule has 4 amide bonds. The predicted molar refractivity (Wildman–Crippen MR) is 103 cm³/mol. The highest BCUT2D eigenvalue weighted by Crippen LogP contribution is 2.41. The Morgan fingerprint density at radius 3 is 2.86 bits per heavy atom. The number of carbonyl (C=O) groups excluding carboxylic acids is 3. The first kappa shape index (κ1) is 18.9. The Hall–Kier alpha value is -3.42. The van der Waals surface area contributed by atoms with Crippen LogP contribution >= 0.6 is 0 Å². The molecular weight excluding hydrogens is 377 g/mol. The molecule has 1 aliphatic carbocycles. The number of carbonyl (C=O) groups is 3. The summed E-state index contributed by atoms with van der Waals surface area (Å²) in [6.07, 6.45) is 1.95. The summed E-state index contributed by atoms with van der Waals surface area (Å²) in [4.78, 5) is 39.0. The molecule has 0 aromatic heterocycles. The van der Waals surface area contributed by atoms with Gasteiger partial charge in [-0.1, -0.05) is 12.1 Å². The fourth-order valence-corrected chi connectivity index (χ4v) is 4.03. The minimum Gasteiger partial charge on any atom is -0.497 e. The van der Waals surface area contributed by atoms with Gasteiger partial charge in [-0.15, -0.1) is 0 Å². The predicted octanol–water partition coefficient (Wildman–Crippen LogP) is 2.56. The Morgan fingerprint density at radius 1 is 1.28 bits per heavy atom. The summed E-state index contributed by atoms with van der Waals surface area (Å²) in [7, 11) is 1.57. The number of fused-ring (bicyclic) bond motifs is 2. The molecule has 2 aromatic carbocycles. The molecule has 1 atom stereocenters. The van der Waals surface area contributed by atoms with Crippen LogP contribution < -0.4 is 15.4 Å². The number of urea groups is 1. The number of halogens is 1. The first-order valence-electron chi connectivity index (χ1n) is 9.30. The van der Waals surface area contributed by atoms with Gasteiger partial charge in [0, 0.05) is 5.69 Å². The minimum atomic E-state index is -1.17. The van der Waals surface area contributed by atoms with Crippen molar-refractivity contribution in [2.24, 2.45) is 0 Å². The average Bonchev–Trinajstić information content (AvgIpc) is 2.92. The number of nitrogens with one attached hydrogen (secondary N) is 2. The number of aryl methyl sites for hydroxylation is 1. The van der Waals surface area contributed by atoms with Crippen molar-refractivity contribution >= 4 is 23.5 Å². The minimum absolute atomic E-state index is 0.256. The number of methoxy groups -OCH3 is 1. The van der Waals surface area contributed by atoms with E-state index in [4.69, 9.17) is 4.74 Å². The third kappa shape index (κ3) is 3.30. The lowest BCUT2D eigenvalue weighted by Crippen LogP contribution is -2.47. The van der Waals surface area contributed by atoms with Crippen molar-refractivity contribution in [2.75, 3.05) is 19.0 Å². The zero-order valence-electron chi connectivity index (χ0n) is 15.8. The van der Waals surface area contributed by atoms with Gasteiger partial charge in [0.25, 0.3) is 5.91 Å². The highest BCUT2D eigenvalue weighted by molar-refractivity contribution is 6.10. The molecule has 2 aliphatic rings. The molecule has 0 radical (unpaired) electrons. The van der Waals surface area contributed by atoms with Gasteiger partial charge in [0.05, 0.1) is 7.11 Å². The highest BCUT2D eigenvalue weighted by Gasteiger charge is 2.54. The second-order valence-corrected chi connectivity index (χ2v) is 7.16. The topological polar surface area (TPSA) is 87.7 Å². The zero-order valence-corrected chi connectivity index (χ0v) is 15.8. The van der Waals surface area contributed by atoms with E-state index < -0.39 is 35.7 Å². The number of rotatable bonds is 4. The Labute approximate surface area is 166 Å². The van der Waals surface area contributed by atoms with Crippen molar-refractivity contribution in [1.82, 2.24) is 10.2 Å². The van der Waals surface area contributed by atoms with Crippen LogP contribution in [-0.2, 0) is 21.5 Å². The standard InChI is InChI=1S/C21H20FN3O4/c1-29-16-7-8-17-13(10-16)4-3-9-21(17)19(27)25(20(28)24-21)12-18(26)23-15-6-2-5-14(22)11-15/h2,5-8,10-11H,3-4,9,12H2,1H3,(H,23,26)(H,24,28)/t21-/m0/s1. The van der Waals surface area contributed by atoms with Gasteiger partial charge < -0.3 is 15.4 Å². The Bertz CT molecular complexity index is 1010. The number of anilines is 1. The summed E-state index contributed by atoms with van der Waals surface area (Å²) >= 11 is 0. The van der Waals surface area contributed by atoms with E-state index in [1.807, 2.05) is 6.07 Å². The molecule has 7 nitrogen and oxygen atoms in total. The summed E-state index contributed by atoms with van der Waals surface area (Å²) in [5, 5.41) is 5.30. The van der Waals surface area contributed by atoms with Crippen molar-refractivity contribution < 1.29 is 23.5 Å². The Balaban J connectivity index is 1.56. The van der Waals surface area contributed by atoms with E-state index in [0.717, 1.165) is 34.9 Å². The first-order chi connectivity index (χ1) is 13.9. The number of benzene rings is 2. The van der Waals surface area contributed by atoms with Crippen LogP contribution in [0.1, 0.15) is 24.0 Å². The third-order valence-electron chi connectivity index (χ3n) is 5.36. The van der Waals surface area contributed by atoms with Crippen molar-refractivity contribution in [1.29, 1.82) is 0 Å². The van der Waals surface area contributed by atoms with Gasteiger partial charge >= 0.3 is 6.03 Å². The van der Waals surface area contributed by atoms with E-state index in [2.05, 4.69) is 10.6 Å². The number of hydrogen-bond acceptors (Lipinski definition) is 4.